The van der Waals surface area contributed by atoms with Gasteiger partial charge >= 0.3 is 0 Å². The highest BCUT2D eigenvalue weighted by atomic mass is 16.3. The molecule has 0 aliphatic heterocycles. The second-order valence-corrected chi connectivity index (χ2v) is 4.25. The van der Waals surface area contributed by atoms with Gasteiger partial charge in [-0.2, -0.15) is 0 Å². The van der Waals surface area contributed by atoms with E-state index in [4.69, 9.17) is 5.73 Å². The van der Waals surface area contributed by atoms with Crippen LogP contribution in [0.5, 0.6) is 0 Å². The number of rotatable bonds is 3. The van der Waals surface area contributed by atoms with Gasteiger partial charge in [-0.25, -0.2) is 9.97 Å². The van der Waals surface area contributed by atoms with Crippen LogP contribution in [0.2, 0.25) is 0 Å². The number of aliphatic hydroxyl groups is 1. The minimum absolute atomic E-state index is 0.423. The van der Waals surface area contributed by atoms with Gasteiger partial charge in [0.1, 0.15) is 17.5 Å². The van der Waals surface area contributed by atoms with E-state index in [1.54, 1.807) is 19.9 Å². The van der Waals surface area contributed by atoms with Gasteiger partial charge in [0.15, 0.2) is 0 Å². The van der Waals surface area contributed by atoms with Gasteiger partial charge in [-0.15, -0.1) is 0 Å². The summed E-state index contributed by atoms with van der Waals surface area (Å²) in [5, 5.41) is 12.7. The summed E-state index contributed by atoms with van der Waals surface area (Å²) in [5.74, 6) is 1.66. The fourth-order valence-electron chi connectivity index (χ4n) is 1.09. The van der Waals surface area contributed by atoms with Crippen molar-refractivity contribution < 1.29 is 5.11 Å². The number of nitrogens with zero attached hydrogens (tertiary/aromatic N) is 2. The van der Waals surface area contributed by atoms with Gasteiger partial charge in [0.25, 0.3) is 0 Å². The zero-order valence-corrected chi connectivity index (χ0v) is 9.57. The van der Waals surface area contributed by atoms with Crippen molar-refractivity contribution in [1.82, 2.24) is 9.97 Å². The molecule has 1 aromatic heterocycles. The normalized spacial score (nSPS) is 13.7. The molecule has 1 aromatic rings. The number of nitrogens with one attached hydrogen (secondary N) is 1. The topological polar surface area (TPSA) is 84.1 Å². The van der Waals surface area contributed by atoms with Crippen molar-refractivity contribution in [3.63, 3.8) is 0 Å². The maximum absolute atomic E-state index is 9.54. The molecule has 0 fully saturated rings. The molecule has 0 aromatic carbocycles. The average Bonchev–Trinajstić information content (AvgIpc) is 1.99. The van der Waals surface area contributed by atoms with Crippen LogP contribution in [0.25, 0.3) is 0 Å². The predicted molar refractivity (Wildman–Crippen MR) is 60.6 cm³/mol. The smallest absolute Gasteiger partial charge is 0.132 e. The summed E-state index contributed by atoms with van der Waals surface area (Å²) in [6.07, 6.45) is -0.492. The molecule has 0 radical (unpaired) electrons. The Kier molecular flexibility index (Phi) is 3.14. The van der Waals surface area contributed by atoms with Crippen molar-refractivity contribution in [3.8, 4) is 0 Å². The van der Waals surface area contributed by atoms with Crippen LogP contribution < -0.4 is 11.1 Å². The third kappa shape index (κ3) is 3.06. The first-order chi connectivity index (χ1) is 6.81. The molecule has 1 rings (SSSR count). The molecule has 1 heterocycles. The summed E-state index contributed by atoms with van der Waals surface area (Å²) in [4.78, 5) is 8.16. The molecular formula is C10H18N4O. The van der Waals surface area contributed by atoms with Crippen molar-refractivity contribution in [1.29, 1.82) is 0 Å². The average molecular weight is 210 g/mol. The van der Waals surface area contributed by atoms with E-state index in [2.05, 4.69) is 15.3 Å². The largest absolute Gasteiger partial charge is 0.391 e. The first-order valence-corrected chi connectivity index (χ1v) is 4.88. The zero-order chi connectivity index (χ0) is 11.6. The van der Waals surface area contributed by atoms with E-state index in [-0.39, 0.29) is 0 Å². The third-order valence-corrected chi connectivity index (χ3v) is 2.35. The molecule has 0 spiro atoms. The van der Waals surface area contributed by atoms with E-state index in [0.717, 1.165) is 0 Å². The third-order valence-electron chi connectivity index (χ3n) is 2.35. The molecule has 4 N–H and O–H groups in total. The Morgan fingerprint density at radius 3 is 2.53 bits per heavy atom. The molecule has 1 unspecified atom stereocenters. The van der Waals surface area contributed by atoms with Crippen molar-refractivity contribution in [2.45, 2.75) is 39.3 Å². The minimum atomic E-state index is -0.492. The molecule has 15 heavy (non-hydrogen) atoms. The molecule has 0 aliphatic rings. The summed E-state index contributed by atoms with van der Waals surface area (Å²) >= 11 is 0. The van der Waals surface area contributed by atoms with Crippen molar-refractivity contribution in [2.75, 3.05) is 11.1 Å². The quantitative estimate of drug-likeness (QED) is 0.691. The van der Waals surface area contributed by atoms with E-state index < -0.39 is 11.6 Å². The molecule has 0 saturated heterocycles. The van der Waals surface area contributed by atoms with Crippen molar-refractivity contribution >= 4 is 11.6 Å². The SMILES string of the molecule is Cc1nc(N)cc(NC(C)(C)C(C)O)n1. The number of nitrogens with two attached hydrogens (primary N) is 1. The second kappa shape index (κ2) is 4.02. The predicted octanol–water partition coefficient (Wildman–Crippen LogP) is 0.939. The standard InChI is InChI=1S/C10H18N4O/c1-6(15)10(3,4)14-9-5-8(11)12-7(2)13-9/h5-6,15H,1-4H3,(H3,11,12,13,14). The number of anilines is 2. The molecule has 5 nitrogen and oxygen atoms in total. The molecule has 0 saturated carbocycles. The molecule has 0 aliphatic carbocycles. The summed E-state index contributed by atoms with van der Waals surface area (Å²) in [6.45, 7) is 7.29. The lowest BCUT2D eigenvalue weighted by Gasteiger charge is -2.30. The highest BCUT2D eigenvalue weighted by molar-refractivity contribution is 5.46. The summed E-state index contributed by atoms with van der Waals surface area (Å²) in [6, 6.07) is 1.65. The van der Waals surface area contributed by atoms with Gasteiger partial charge in [-0.1, -0.05) is 0 Å². The number of aliphatic hydroxyl groups excluding tert-OH is 1. The van der Waals surface area contributed by atoms with Crippen LogP contribution >= 0.6 is 0 Å². The number of aromatic nitrogens is 2. The lowest BCUT2D eigenvalue weighted by Crippen LogP contribution is -2.42. The minimum Gasteiger partial charge on any atom is -0.391 e. The fourth-order valence-corrected chi connectivity index (χ4v) is 1.09. The Morgan fingerprint density at radius 2 is 2.07 bits per heavy atom. The zero-order valence-electron chi connectivity index (χ0n) is 9.57. The first kappa shape index (κ1) is 11.7. The lowest BCUT2D eigenvalue weighted by molar-refractivity contribution is 0.133. The van der Waals surface area contributed by atoms with Crippen LogP contribution in [-0.2, 0) is 0 Å². The van der Waals surface area contributed by atoms with Crippen molar-refractivity contribution in [2.24, 2.45) is 0 Å². The van der Waals surface area contributed by atoms with Crippen LogP contribution in [0.15, 0.2) is 6.07 Å². The summed E-state index contributed by atoms with van der Waals surface area (Å²) < 4.78 is 0. The number of hydrogen-bond donors (Lipinski definition) is 3. The lowest BCUT2D eigenvalue weighted by atomic mass is 9.99. The maximum Gasteiger partial charge on any atom is 0.132 e. The Morgan fingerprint density at radius 1 is 1.47 bits per heavy atom. The van der Waals surface area contributed by atoms with Crippen molar-refractivity contribution in [3.05, 3.63) is 11.9 Å². The van der Waals surface area contributed by atoms with Gasteiger partial charge in [0.2, 0.25) is 0 Å². The van der Waals surface area contributed by atoms with Crippen LogP contribution in [0.4, 0.5) is 11.6 Å². The fraction of sp³-hybridized carbons (Fsp3) is 0.600. The van der Waals surface area contributed by atoms with Gasteiger partial charge in [-0.05, 0) is 27.7 Å². The molecule has 0 amide bonds. The number of aryl methyl sites for hydroxylation is 1. The summed E-state index contributed by atoms with van der Waals surface area (Å²) in [7, 11) is 0. The van der Waals surface area contributed by atoms with Gasteiger partial charge in [0, 0.05) is 6.07 Å². The summed E-state index contributed by atoms with van der Waals surface area (Å²) in [5.41, 5.74) is 5.15. The van der Waals surface area contributed by atoms with E-state index in [1.807, 2.05) is 13.8 Å². The van der Waals surface area contributed by atoms with Crippen LogP contribution in [-0.4, -0.2) is 26.7 Å². The van der Waals surface area contributed by atoms with E-state index in [1.165, 1.54) is 0 Å². The molecule has 1 atom stereocenters. The first-order valence-electron chi connectivity index (χ1n) is 4.88. The molecule has 0 bridgehead atoms. The highest BCUT2D eigenvalue weighted by Crippen LogP contribution is 2.17. The Labute approximate surface area is 89.7 Å². The van der Waals surface area contributed by atoms with Gasteiger partial charge < -0.3 is 16.2 Å². The van der Waals surface area contributed by atoms with E-state index >= 15 is 0 Å². The molecule has 5 heteroatoms. The maximum atomic E-state index is 9.54. The Hall–Kier alpha value is -1.36. The monoisotopic (exact) mass is 210 g/mol. The Bertz CT molecular complexity index is 329. The molecule has 84 valence electrons. The highest BCUT2D eigenvalue weighted by Gasteiger charge is 2.24. The van der Waals surface area contributed by atoms with Gasteiger partial charge in [-0.3, -0.25) is 0 Å². The molecular weight excluding hydrogens is 192 g/mol. The number of nitrogen functional groups attached to an aromatic ring is 1. The van der Waals surface area contributed by atoms with Gasteiger partial charge in [0.05, 0.1) is 11.6 Å². The second-order valence-electron chi connectivity index (χ2n) is 4.25. The Balaban J connectivity index is 2.89. The number of hydrogen-bond acceptors (Lipinski definition) is 5. The van der Waals surface area contributed by atoms with Crippen LogP contribution in [0, 0.1) is 6.92 Å². The van der Waals surface area contributed by atoms with E-state index in [9.17, 15) is 5.11 Å². The van der Waals surface area contributed by atoms with Crippen LogP contribution in [0.3, 0.4) is 0 Å². The van der Waals surface area contributed by atoms with Crippen LogP contribution in [0.1, 0.15) is 26.6 Å². The van der Waals surface area contributed by atoms with E-state index in [0.29, 0.717) is 17.5 Å².